The van der Waals surface area contributed by atoms with E-state index in [9.17, 15) is 0 Å². The van der Waals surface area contributed by atoms with E-state index in [1.807, 2.05) is 0 Å². The molecule has 0 amide bonds. The molecule has 0 aliphatic heterocycles. The molecule has 0 aromatic rings. The predicted molar refractivity (Wildman–Crippen MR) is 61.9 cm³/mol. The maximum Gasteiger partial charge on any atom is 0.0698 e. The molecule has 1 saturated carbocycles. The van der Waals surface area contributed by atoms with E-state index < -0.39 is 0 Å². The molecule has 15 heavy (non-hydrogen) atoms. The van der Waals surface area contributed by atoms with Gasteiger partial charge in [0, 0.05) is 12.6 Å². The molecular formula is C12H25NO2. The lowest BCUT2D eigenvalue weighted by Crippen LogP contribution is -2.36. The van der Waals surface area contributed by atoms with Gasteiger partial charge in [-0.05, 0) is 25.7 Å². The van der Waals surface area contributed by atoms with Gasteiger partial charge in [-0.3, -0.25) is 0 Å². The van der Waals surface area contributed by atoms with Gasteiger partial charge in [-0.2, -0.15) is 0 Å². The first kappa shape index (κ1) is 12.9. The Hall–Kier alpha value is -0.120. The summed E-state index contributed by atoms with van der Waals surface area (Å²) in [6.45, 7) is 4.47. The zero-order chi connectivity index (χ0) is 10.9. The normalized spacial score (nSPS) is 20.4. The highest BCUT2D eigenvalue weighted by Crippen LogP contribution is 2.26. The van der Waals surface area contributed by atoms with Crippen molar-refractivity contribution in [2.24, 2.45) is 5.92 Å². The number of ether oxygens (including phenoxy) is 1. The fourth-order valence-corrected chi connectivity index (χ4v) is 2.33. The second kappa shape index (κ2) is 8.08. The van der Waals surface area contributed by atoms with Gasteiger partial charge in [0.25, 0.3) is 0 Å². The smallest absolute Gasteiger partial charge is 0.0698 e. The van der Waals surface area contributed by atoms with Crippen LogP contribution >= 0.6 is 0 Å². The number of nitrogens with one attached hydrogen (secondary N) is 1. The number of hydrogen-bond acceptors (Lipinski definition) is 3. The van der Waals surface area contributed by atoms with Crippen LogP contribution in [0.3, 0.4) is 0 Å². The van der Waals surface area contributed by atoms with E-state index in [-0.39, 0.29) is 6.61 Å². The molecule has 0 heterocycles. The summed E-state index contributed by atoms with van der Waals surface area (Å²) in [6.07, 6.45) is 6.98. The van der Waals surface area contributed by atoms with Crippen molar-refractivity contribution in [3.8, 4) is 0 Å². The third-order valence-electron chi connectivity index (χ3n) is 3.31. The number of rotatable bonds is 7. The Bertz CT molecular complexity index is 147. The fourth-order valence-electron chi connectivity index (χ4n) is 2.33. The highest BCUT2D eigenvalue weighted by Gasteiger charge is 2.18. The largest absolute Gasteiger partial charge is 0.394 e. The molecule has 1 aliphatic carbocycles. The topological polar surface area (TPSA) is 41.5 Å². The van der Waals surface area contributed by atoms with Crippen molar-refractivity contribution in [1.82, 2.24) is 5.32 Å². The van der Waals surface area contributed by atoms with Gasteiger partial charge < -0.3 is 15.2 Å². The minimum absolute atomic E-state index is 0.123. The second-order valence-electron chi connectivity index (χ2n) is 4.48. The minimum atomic E-state index is 0.123. The Morgan fingerprint density at radius 2 is 2.00 bits per heavy atom. The summed E-state index contributed by atoms with van der Waals surface area (Å²) in [5, 5.41) is 12.0. The Morgan fingerprint density at radius 3 is 2.67 bits per heavy atom. The highest BCUT2D eigenvalue weighted by molar-refractivity contribution is 4.75. The number of aliphatic hydroxyl groups is 1. The maximum atomic E-state index is 8.53. The molecular weight excluding hydrogens is 190 g/mol. The summed E-state index contributed by atoms with van der Waals surface area (Å²) in [7, 11) is 0. The summed E-state index contributed by atoms with van der Waals surface area (Å²) in [5.41, 5.74) is 0. The Balaban J connectivity index is 1.99. The van der Waals surface area contributed by atoms with Crippen LogP contribution in [0.1, 0.15) is 39.0 Å². The van der Waals surface area contributed by atoms with Crippen LogP contribution in [-0.2, 0) is 4.74 Å². The molecule has 1 aliphatic rings. The molecule has 0 bridgehead atoms. The molecule has 1 fully saturated rings. The molecule has 0 aromatic carbocycles. The van der Waals surface area contributed by atoms with E-state index in [4.69, 9.17) is 9.84 Å². The van der Waals surface area contributed by atoms with Gasteiger partial charge in [0.15, 0.2) is 0 Å². The molecule has 0 radical (unpaired) electrons. The van der Waals surface area contributed by atoms with Crippen molar-refractivity contribution in [3.05, 3.63) is 0 Å². The zero-order valence-electron chi connectivity index (χ0n) is 9.87. The maximum absolute atomic E-state index is 8.53. The van der Waals surface area contributed by atoms with Gasteiger partial charge in [-0.25, -0.2) is 0 Å². The monoisotopic (exact) mass is 215 g/mol. The molecule has 3 heteroatoms. The molecule has 0 unspecified atom stereocenters. The minimum Gasteiger partial charge on any atom is -0.394 e. The predicted octanol–water partition coefficient (Wildman–Crippen LogP) is 1.55. The molecule has 0 spiro atoms. The van der Waals surface area contributed by atoms with Gasteiger partial charge in [-0.15, -0.1) is 0 Å². The van der Waals surface area contributed by atoms with Crippen LogP contribution in [0.2, 0.25) is 0 Å². The van der Waals surface area contributed by atoms with Crippen LogP contribution in [-0.4, -0.2) is 37.5 Å². The van der Waals surface area contributed by atoms with E-state index in [0.29, 0.717) is 19.3 Å². The third kappa shape index (κ3) is 5.50. The van der Waals surface area contributed by atoms with Crippen molar-refractivity contribution >= 4 is 0 Å². The van der Waals surface area contributed by atoms with Gasteiger partial charge in [-0.1, -0.05) is 19.3 Å². The lowest BCUT2D eigenvalue weighted by Gasteiger charge is -2.28. The zero-order valence-corrected chi connectivity index (χ0v) is 9.87. The van der Waals surface area contributed by atoms with Gasteiger partial charge in [0.2, 0.25) is 0 Å². The Labute approximate surface area is 93.2 Å². The van der Waals surface area contributed by atoms with E-state index in [1.165, 1.54) is 32.1 Å². The molecule has 1 rings (SSSR count). The van der Waals surface area contributed by atoms with Crippen LogP contribution < -0.4 is 5.32 Å². The summed E-state index contributed by atoms with van der Waals surface area (Å²) in [6, 6.07) is 0.614. The number of aliphatic hydroxyl groups excluding tert-OH is 1. The van der Waals surface area contributed by atoms with E-state index >= 15 is 0 Å². The Kier molecular flexibility index (Phi) is 6.98. The van der Waals surface area contributed by atoms with Gasteiger partial charge in [0.05, 0.1) is 19.8 Å². The van der Waals surface area contributed by atoms with E-state index in [1.54, 1.807) is 0 Å². The van der Waals surface area contributed by atoms with Crippen molar-refractivity contribution in [2.45, 2.75) is 45.1 Å². The average molecular weight is 215 g/mol. The van der Waals surface area contributed by atoms with Crippen LogP contribution in [0, 0.1) is 5.92 Å². The van der Waals surface area contributed by atoms with Crippen molar-refractivity contribution in [2.75, 3.05) is 26.4 Å². The average Bonchev–Trinajstić information content (AvgIpc) is 2.30. The molecule has 0 saturated heterocycles. The second-order valence-corrected chi connectivity index (χ2v) is 4.48. The summed E-state index contributed by atoms with van der Waals surface area (Å²) < 4.78 is 5.21. The Morgan fingerprint density at radius 1 is 1.27 bits per heavy atom. The molecule has 2 N–H and O–H groups in total. The first-order chi connectivity index (χ1) is 7.34. The third-order valence-corrected chi connectivity index (χ3v) is 3.31. The summed E-state index contributed by atoms with van der Waals surface area (Å²) in [4.78, 5) is 0. The van der Waals surface area contributed by atoms with Crippen LogP contribution in [0.5, 0.6) is 0 Å². The summed E-state index contributed by atoms with van der Waals surface area (Å²) in [5.74, 6) is 0.858. The first-order valence-electron chi connectivity index (χ1n) is 6.26. The molecule has 90 valence electrons. The summed E-state index contributed by atoms with van der Waals surface area (Å²) >= 11 is 0. The lowest BCUT2D eigenvalue weighted by molar-refractivity contribution is 0.0911. The van der Waals surface area contributed by atoms with Crippen LogP contribution in [0.15, 0.2) is 0 Å². The van der Waals surface area contributed by atoms with Crippen molar-refractivity contribution in [3.63, 3.8) is 0 Å². The van der Waals surface area contributed by atoms with Crippen LogP contribution in [0.4, 0.5) is 0 Å². The first-order valence-corrected chi connectivity index (χ1v) is 6.26. The van der Waals surface area contributed by atoms with Crippen LogP contribution in [0.25, 0.3) is 0 Å². The molecule has 0 aromatic heterocycles. The lowest BCUT2D eigenvalue weighted by atomic mass is 9.84. The van der Waals surface area contributed by atoms with Crippen molar-refractivity contribution < 1.29 is 9.84 Å². The SMILES string of the molecule is C[C@H](NCCOCCO)C1CCCCC1. The number of hydrogen-bond donors (Lipinski definition) is 2. The standard InChI is InChI=1S/C12H25NO2/c1-11(12-5-3-2-4-6-12)13-7-9-15-10-8-14/h11-14H,2-10H2,1H3/t11-/m0/s1. The molecule has 3 nitrogen and oxygen atoms in total. The van der Waals surface area contributed by atoms with Gasteiger partial charge >= 0.3 is 0 Å². The highest BCUT2D eigenvalue weighted by atomic mass is 16.5. The fraction of sp³-hybridized carbons (Fsp3) is 1.00. The van der Waals surface area contributed by atoms with E-state index in [0.717, 1.165) is 12.5 Å². The van der Waals surface area contributed by atoms with E-state index in [2.05, 4.69) is 12.2 Å². The molecule has 1 atom stereocenters. The quantitative estimate of drug-likeness (QED) is 0.633. The van der Waals surface area contributed by atoms with Gasteiger partial charge in [0.1, 0.15) is 0 Å². The van der Waals surface area contributed by atoms with Crippen molar-refractivity contribution in [1.29, 1.82) is 0 Å².